The Morgan fingerprint density at radius 2 is 0.825 bits per heavy atom. The van der Waals surface area contributed by atoms with Crippen molar-refractivity contribution in [2.75, 3.05) is 4.90 Å². The lowest BCUT2D eigenvalue weighted by Gasteiger charge is -2.32. The van der Waals surface area contributed by atoms with Crippen LogP contribution in [-0.4, -0.2) is 0 Å². The minimum absolute atomic E-state index is 0.123. The van der Waals surface area contributed by atoms with E-state index in [-0.39, 0.29) is 5.41 Å². The van der Waals surface area contributed by atoms with Crippen LogP contribution in [0.4, 0.5) is 17.1 Å². The lowest BCUT2D eigenvalue weighted by molar-refractivity contribution is 0.420. The third-order valence-corrected chi connectivity index (χ3v) is 13.8. The molecule has 0 amide bonds. The highest BCUT2D eigenvalue weighted by Crippen LogP contribution is 2.63. The topological polar surface area (TPSA) is 3.24 Å². The van der Waals surface area contributed by atoms with Gasteiger partial charge in [0.05, 0.1) is 5.41 Å². The Bertz CT molecular complexity index is 2900. The highest BCUT2D eigenvalue weighted by molar-refractivity contribution is 5.96. The zero-order chi connectivity index (χ0) is 38.8. The molecule has 1 spiro atoms. The summed E-state index contributed by atoms with van der Waals surface area (Å²) in [4.78, 5) is 2.47. The summed E-state index contributed by atoms with van der Waals surface area (Å²) in [5, 5.41) is 0. The number of hydrogen-bond donors (Lipinski definition) is 0. The molecule has 0 bridgehead atoms. The first-order chi connectivity index (χ1) is 28.4. The smallest absolute Gasteiger partial charge is 0.0726 e. The summed E-state index contributed by atoms with van der Waals surface area (Å²) in [6, 6.07) is 68.2. The first-order valence-electron chi connectivity index (χ1n) is 21.1. The van der Waals surface area contributed by atoms with Crippen molar-refractivity contribution in [3.8, 4) is 44.5 Å². The molecular weight excluding hydrogens is 687 g/mol. The van der Waals surface area contributed by atoms with Crippen LogP contribution in [0.3, 0.4) is 0 Å². The average Bonchev–Trinajstić information content (AvgIpc) is 3.82. The Labute approximate surface area is 337 Å². The van der Waals surface area contributed by atoms with Crippen LogP contribution in [0.15, 0.2) is 182 Å². The maximum absolute atomic E-state index is 8.83. The maximum Gasteiger partial charge on any atom is 0.0726 e. The van der Waals surface area contributed by atoms with Gasteiger partial charge in [-0.25, -0.2) is 0 Å². The number of anilines is 3. The van der Waals surface area contributed by atoms with E-state index in [4.69, 9.17) is 1.37 Å². The van der Waals surface area contributed by atoms with Gasteiger partial charge in [0, 0.05) is 23.8 Å². The Hall–Kier alpha value is -6.44. The second kappa shape index (κ2) is 12.0. The van der Waals surface area contributed by atoms with Crippen LogP contribution in [0.1, 0.15) is 79.3 Å². The number of benzene rings is 8. The van der Waals surface area contributed by atoms with Crippen LogP contribution in [0.25, 0.3) is 44.5 Å². The molecule has 0 N–H and O–H groups in total. The molecule has 57 heavy (non-hydrogen) atoms. The first-order valence-corrected chi connectivity index (χ1v) is 20.6. The molecule has 4 aliphatic rings. The summed E-state index contributed by atoms with van der Waals surface area (Å²) in [6.45, 7) is 4.73. The molecule has 1 nitrogen and oxygen atoms in total. The normalized spacial score (nSPS) is 16.7. The van der Waals surface area contributed by atoms with Gasteiger partial charge in [-0.1, -0.05) is 166 Å². The lowest BCUT2D eigenvalue weighted by atomic mass is 9.70. The number of fused-ring (bicyclic) bond motifs is 13. The van der Waals surface area contributed by atoms with E-state index in [1.165, 1.54) is 77.9 Å². The van der Waals surface area contributed by atoms with E-state index in [1.54, 1.807) is 0 Å². The van der Waals surface area contributed by atoms with Gasteiger partial charge in [-0.15, -0.1) is 0 Å². The van der Waals surface area contributed by atoms with Gasteiger partial charge in [0.1, 0.15) is 0 Å². The molecule has 0 saturated heterocycles. The van der Waals surface area contributed by atoms with Crippen molar-refractivity contribution in [2.45, 2.75) is 49.8 Å². The quantitative estimate of drug-likeness (QED) is 0.170. The van der Waals surface area contributed by atoms with Gasteiger partial charge >= 0.3 is 0 Å². The van der Waals surface area contributed by atoms with Crippen LogP contribution in [0.2, 0.25) is 0 Å². The molecule has 12 rings (SSSR count). The van der Waals surface area contributed by atoms with Gasteiger partial charge in [0.25, 0.3) is 0 Å². The van der Waals surface area contributed by atoms with Gasteiger partial charge in [0.2, 0.25) is 0 Å². The molecule has 8 aromatic rings. The van der Waals surface area contributed by atoms with Crippen molar-refractivity contribution in [3.63, 3.8) is 0 Å². The molecule has 0 aromatic heterocycles. The van der Waals surface area contributed by atoms with Gasteiger partial charge in [-0.05, 0) is 139 Å². The third-order valence-electron chi connectivity index (χ3n) is 13.8. The predicted octanol–water partition coefficient (Wildman–Crippen LogP) is 14.7. The van der Waals surface area contributed by atoms with E-state index in [2.05, 4.69) is 201 Å². The largest absolute Gasteiger partial charge is 0.310 e. The molecular formula is C56H43N. The van der Waals surface area contributed by atoms with Crippen molar-refractivity contribution >= 4 is 17.1 Å². The molecule has 0 atom stereocenters. The second-order valence-corrected chi connectivity index (χ2v) is 16.9. The molecule has 1 saturated carbocycles. The second-order valence-electron chi connectivity index (χ2n) is 16.9. The Kier molecular flexibility index (Phi) is 6.70. The number of hydrogen-bond acceptors (Lipinski definition) is 1. The predicted molar refractivity (Wildman–Crippen MR) is 237 cm³/mol. The average molecular weight is 731 g/mol. The minimum atomic E-state index is -0.421. The zero-order valence-corrected chi connectivity index (χ0v) is 32.4. The van der Waals surface area contributed by atoms with Crippen LogP contribution in [-0.2, 0) is 10.8 Å². The SMILES string of the molecule is [2H]C1(c2ccc(-c3ccc(N(c4ccc5c(c4)C(C)(C)c4ccccc4-5)c4ccc5c(c4)C4(c6ccccc6-c6ccccc64)c4ccccc4-5)cc3)cc2)CCC1. The van der Waals surface area contributed by atoms with Crippen LogP contribution in [0.5, 0.6) is 0 Å². The molecule has 1 heteroatoms. The Balaban J connectivity index is 1.05. The molecule has 1 fully saturated rings. The fourth-order valence-electron chi connectivity index (χ4n) is 10.8. The molecule has 0 heterocycles. The highest BCUT2D eigenvalue weighted by Gasteiger charge is 2.51. The fraction of sp³-hybridized carbons (Fsp3) is 0.143. The van der Waals surface area contributed by atoms with Crippen LogP contribution in [0, 0.1) is 0 Å². The Morgan fingerprint density at radius 3 is 1.33 bits per heavy atom. The summed E-state index contributed by atoms with van der Waals surface area (Å²) in [5.74, 6) is -0.410. The van der Waals surface area contributed by atoms with Crippen molar-refractivity contribution in [3.05, 3.63) is 221 Å². The molecule has 8 aromatic carbocycles. The molecule has 0 aliphatic heterocycles. The summed E-state index contributed by atoms with van der Waals surface area (Å²) in [5.41, 5.74) is 22.4. The van der Waals surface area contributed by atoms with Gasteiger partial charge in [0.15, 0.2) is 0 Å². The van der Waals surface area contributed by atoms with Gasteiger partial charge < -0.3 is 4.90 Å². The summed E-state index contributed by atoms with van der Waals surface area (Å²) < 4.78 is 8.83. The minimum Gasteiger partial charge on any atom is -0.310 e. The highest BCUT2D eigenvalue weighted by atomic mass is 15.1. The van der Waals surface area contributed by atoms with E-state index in [1.807, 2.05) is 0 Å². The fourth-order valence-corrected chi connectivity index (χ4v) is 10.8. The molecule has 0 radical (unpaired) electrons. The first kappa shape index (κ1) is 31.7. The Morgan fingerprint density at radius 1 is 0.421 bits per heavy atom. The van der Waals surface area contributed by atoms with Gasteiger partial charge in [-0.3, -0.25) is 0 Å². The standard InChI is InChI=1S/C56H43N/c1-55(2)49-18-7-3-14-43(49)47-32-30-41(34-53(47)55)57(40-28-26-39(27-29-40)38-24-22-37(23-25-38)36-12-11-13-36)42-31-33-48-46-17-6-10-21-52(46)56(54(48)35-42)50-19-8-4-15-44(50)45-16-5-9-20-51(45)56/h3-10,14-36H,11-13H2,1-2H3/i36D. The van der Waals surface area contributed by atoms with Crippen LogP contribution < -0.4 is 4.90 Å². The number of rotatable bonds is 5. The monoisotopic (exact) mass is 730 g/mol. The van der Waals surface area contributed by atoms with E-state index in [0.29, 0.717) is 0 Å². The van der Waals surface area contributed by atoms with Gasteiger partial charge in [-0.2, -0.15) is 0 Å². The maximum atomic E-state index is 8.83. The van der Waals surface area contributed by atoms with Crippen molar-refractivity contribution < 1.29 is 1.37 Å². The zero-order valence-electron chi connectivity index (χ0n) is 33.4. The van der Waals surface area contributed by atoms with Crippen molar-refractivity contribution in [2.24, 2.45) is 0 Å². The number of nitrogens with zero attached hydrogens (tertiary/aromatic N) is 1. The molecule has 272 valence electrons. The molecule has 4 aliphatic carbocycles. The van der Waals surface area contributed by atoms with E-state index >= 15 is 0 Å². The summed E-state index contributed by atoms with van der Waals surface area (Å²) >= 11 is 0. The lowest BCUT2D eigenvalue weighted by Crippen LogP contribution is -2.26. The summed E-state index contributed by atoms with van der Waals surface area (Å²) in [7, 11) is 0. The van der Waals surface area contributed by atoms with Crippen molar-refractivity contribution in [1.29, 1.82) is 0 Å². The van der Waals surface area contributed by atoms with E-state index in [9.17, 15) is 0 Å². The third kappa shape index (κ3) is 4.52. The van der Waals surface area contributed by atoms with E-state index < -0.39 is 11.3 Å². The summed E-state index contributed by atoms with van der Waals surface area (Å²) in [6.07, 6.45) is 3.06. The van der Waals surface area contributed by atoms with Crippen LogP contribution >= 0.6 is 0 Å². The van der Waals surface area contributed by atoms with Crippen molar-refractivity contribution in [1.82, 2.24) is 0 Å². The molecule has 0 unspecified atom stereocenters. The van der Waals surface area contributed by atoms with E-state index in [0.717, 1.165) is 41.9 Å².